The lowest BCUT2D eigenvalue weighted by atomic mass is 10.2. The van der Waals surface area contributed by atoms with Gasteiger partial charge in [-0.15, -0.1) is 0 Å². The molecule has 1 saturated heterocycles. The van der Waals surface area contributed by atoms with Crippen molar-refractivity contribution in [2.45, 2.75) is 29.7 Å². The van der Waals surface area contributed by atoms with Crippen LogP contribution in [0.15, 0.2) is 47.6 Å². The van der Waals surface area contributed by atoms with Gasteiger partial charge in [0.25, 0.3) is 0 Å². The maximum atomic E-state index is 13.5. The van der Waals surface area contributed by atoms with Crippen LogP contribution in [0.3, 0.4) is 0 Å². The molecule has 3 rings (SSSR count). The summed E-state index contributed by atoms with van der Waals surface area (Å²) in [6.45, 7) is 1.80. The molecule has 0 bridgehead atoms. The topological polar surface area (TPSA) is 93.2 Å². The molecular weight excluding hydrogens is 379 g/mol. The Kier molecular flexibility index (Phi) is 5.14. The van der Waals surface area contributed by atoms with E-state index in [1.807, 2.05) is 0 Å². The van der Waals surface area contributed by atoms with Crippen LogP contribution in [-0.2, 0) is 26.2 Å². The van der Waals surface area contributed by atoms with Gasteiger partial charge in [-0.3, -0.25) is 4.98 Å². The summed E-state index contributed by atoms with van der Waals surface area (Å²) >= 11 is 0. The van der Waals surface area contributed by atoms with E-state index in [9.17, 15) is 21.2 Å². The van der Waals surface area contributed by atoms with Crippen LogP contribution in [0.5, 0.6) is 0 Å². The van der Waals surface area contributed by atoms with Crippen LogP contribution in [0.25, 0.3) is 0 Å². The molecule has 0 unspecified atom stereocenters. The molecule has 0 spiro atoms. The van der Waals surface area contributed by atoms with Gasteiger partial charge in [0.1, 0.15) is 5.82 Å². The summed E-state index contributed by atoms with van der Waals surface area (Å²) in [5.41, 5.74) is 1.08. The Morgan fingerprint density at radius 1 is 1.19 bits per heavy atom. The molecule has 0 saturated carbocycles. The number of hydrogen-bond acceptors (Lipinski definition) is 6. The van der Waals surface area contributed by atoms with Gasteiger partial charge >= 0.3 is 0 Å². The predicted octanol–water partition coefficient (Wildman–Crippen LogP) is 1.26. The zero-order valence-electron chi connectivity index (χ0n) is 14.1. The number of hydrogen-bond donors (Lipinski definition) is 1. The number of sulfone groups is 2. The second-order valence-electron chi connectivity index (χ2n) is 6.41. The lowest BCUT2D eigenvalue weighted by Crippen LogP contribution is -2.43. The van der Waals surface area contributed by atoms with Gasteiger partial charge in [0, 0.05) is 25.0 Å². The van der Waals surface area contributed by atoms with Crippen molar-refractivity contribution >= 4 is 19.7 Å². The van der Waals surface area contributed by atoms with E-state index in [0.717, 1.165) is 11.6 Å². The molecule has 1 aliphatic rings. The summed E-state index contributed by atoms with van der Waals surface area (Å²) in [4.78, 5) is 3.85. The van der Waals surface area contributed by atoms with Crippen molar-refractivity contribution < 1.29 is 21.2 Å². The van der Waals surface area contributed by atoms with Gasteiger partial charge in [0.2, 0.25) is 0 Å². The number of aryl methyl sites for hydroxylation is 1. The number of benzene rings is 1. The molecule has 0 amide bonds. The SMILES string of the molecule is Cc1cc(S(=O)(=O)[C@H]2CS(=O)(=O)C[C@@H]2NCc2ccncc2)ccc1F. The normalized spacial score (nSPS) is 22.4. The molecule has 2 heterocycles. The number of aromatic nitrogens is 1. The Morgan fingerprint density at radius 2 is 1.88 bits per heavy atom. The third-order valence-corrected chi connectivity index (χ3v) is 8.62. The number of halogens is 1. The summed E-state index contributed by atoms with van der Waals surface area (Å²) in [7, 11) is -7.41. The Labute approximate surface area is 152 Å². The minimum absolute atomic E-state index is 0.0609. The highest BCUT2D eigenvalue weighted by molar-refractivity contribution is 7.96. The van der Waals surface area contributed by atoms with Crippen LogP contribution in [0, 0.1) is 12.7 Å². The van der Waals surface area contributed by atoms with Crippen molar-refractivity contribution in [1.82, 2.24) is 10.3 Å². The maximum absolute atomic E-state index is 13.5. The van der Waals surface area contributed by atoms with Gasteiger partial charge in [0.15, 0.2) is 19.7 Å². The van der Waals surface area contributed by atoms with Crippen LogP contribution in [0.2, 0.25) is 0 Å². The average molecular weight is 398 g/mol. The number of nitrogens with one attached hydrogen (secondary N) is 1. The Bertz CT molecular complexity index is 1010. The molecule has 1 N–H and O–H groups in total. The highest BCUT2D eigenvalue weighted by Gasteiger charge is 2.45. The summed E-state index contributed by atoms with van der Waals surface area (Å²) in [6.07, 6.45) is 3.22. The Balaban J connectivity index is 1.88. The molecule has 1 fully saturated rings. The van der Waals surface area contributed by atoms with Crippen LogP contribution >= 0.6 is 0 Å². The first-order chi connectivity index (χ1) is 12.2. The highest BCUT2D eigenvalue weighted by Crippen LogP contribution is 2.27. The maximum Gasteiger partial charge on any atom is 0.183 e. The molecule has 1 aromatic heterocycles. The van der Waals surface area contributed by atoms with Gasteiger partial charge in [-0.1, -0.05) is 0 Å². The molecule has 1 aromatic carbocycles. The van der Waals surface area contributed by atoms with Crippen LogP contribution in [-0.4, -0.2) is 44.6 Å². The van der Waals surface area contributed by atoms with Crippen molar-refractivity contribution in [2.75, 3.05) is 11.5 Å². The molecule has 2 atom stereocenters. The van der Waals surface area contributed by atoms with Crippen molar-refractivity contribution in [3.8, 4) is 0 Å². The Hall–Kier alpha value is -1.84. The molecule has 9 heteroatoms. The quantitative estimate of drug-likeness (QED) is 0.762. The van der Waals surface area contributed by atoms with Gasteiger partial charge in [-0.2, -0.15) is 0 Å². The summed E-state index contributed by atoms with van der Waals surface area (Å²) < 4.78 is 63.6. The van der Waals surface area contributed by atoms with Crippen molar-refractivity contribution in [1.29, 1.82) is 0 Å². The second-order valence-corrected chi connectivity index (χ2v) is 10.7. The fourth-order valence-electron chi connectivity index (χ4n) is 3.03. The van der Waals surface area contributed by atoms with Gasteiger partial charge in [-0.25, -0.2) is 21.2 Å². The summed E-state index contributed by atoms with van der Waals surface area (Å²) in [5, 5.41) is 1.93. The third kappa shape index (κ3) is 3.94. The van der Waals surface area contributed by atoms with E-state index >= 15 is 0 Å². The highest BCUT2D eigenvalue weighted by atomic mass is 32.2. The number of pyridine rings is 1. The first kappa shape index (κ1) is 18.9. The van der Waals surface area contributed by atoms with Gasteiger partial charge in [-0.05, 0) is 48.4 Å². The monoisotopic (exact) mass is 398 g/mol. The van der Waals surface area contributed by atoms with Crippen molar-refractivity contribution in [3.05, 3.63) is 59.7 Å². The minimum Gasteiger partial charge on any atom is -0.308 e. The van der Waals surface area contributed by atoms with E-state index in [0.29, 0.717) is 6.54 Å². The molecule has 0 aliphatic carbocycles. The largest absolute Gasteiger partial charge is 0.308 e. The summed E-state index contributed by atoms with van der Waals surface area (Å²) in [6, 6.07) is 6.32. The molecule has 2 aromatic rings. The molecule has 0 radical (unpaired) electrons. The lowest BCUT2D eigenvalue weighted by molar-refractivity contribution is 0.525. The van der Waals surface area contributed by atoms with Crippen LogP contribution in [0.4, 0.5) is 4.39 Å². The van der Waals surface area contributed by atoms with Crippen molar-refractivity contribution in [3.63, 3.8) is 0 Å². The molecular formula is C17H19FN2O4S2. The number of rotatable bonds is 5. The summed E-state index contributed by atoms with van der Waals surface area (Å²) in [5.74, 6) is -1.20. The van der Waals surface area contributed by atoms with E-state index in [2.05, 4.69) is 10.3 Å². The molecule has 6 nitrogen and oxygen atoms in total. The molecule has 1 aliphatic heterocycles. The number of nitrogens with zero attached hydrogens (tertiary/aromatic N) is 1. The van der Waals surface area contributed by atoms with E-state index < -0.39 is 42.5 Å². The van der Waals surface area contributed by atoms with Crippen LogP contribution in [0.1, 0.15) is 11.1 Å². The lowest BCUT2D eigenvalue weighted by Gasteiger charge is -2.20. The smallest absolute Gasteiger partial charge is 0.183 e. The fraction of sp³-hybridized carbons (Fsp3) is 0.353. The first-order valence-corrected chi connectivity index (χ1v) is 11.4. The second kappa shape index (κ2) is 7.05. The van der Waals surface area contributed by atoms with E-state index in [-0.39, 0.29) is 16.2 Å². The van der Waals surface area contributed by atoms with Gasteiger partial charge in [0.05, 0.1) is 21.7 Å². The average Bonchev–Trinajstić information content (AvgIpc) is 2.92. The van der Waals surface area contributed by atoms with E-state index in [4.69, 9.17) is 0 Å². The van der Waals surface area contributed by atoms with E-state index in [1.54, 1.807) is 24.5 Å². The Morgan fingerprint density at radius 3 is 2.54 bits per heavy atom. The zero-order chi connectivity index (χ0) is 18.9. The van der Waals surface area contributed by atoms with Crippen molar-refractivity contribution in [2.24, 2.45) is 0 Å². The molecule has 140 valence electrons. The standard InChI is InChI=1S/C17H19FN2O4S2/c1-12-8-14(2-3-15(12)18)26(23,24)17-11-25(21,22)10-16(17)20-9-13-4-6-19-7-5-13/h2-8,16-17,20H,9-11H2,1H3/t16-,17-/m0/s1. The fourth-order valence-corrected chi connectivity index (χ4v) is 7.83. The first-order valence-electron chi connectivity index (χ1n) is 8.02. The minimum atomic E-state index is -3.92. The van der Waals surface area contributed by atoms with Gasteiger partial charge < -0.3 is 5.32 Å². The molecule has 26 heavy (non-hydrogen) atoms. The van der Waals surface area contributed by atoms with Crippen LogP contribution < -0.4 is 5.32 Å². The third-order valence-electron chi connectivity index (χ3n) is 4.47. The van der Waals surface area contributed by atoms with E-state index in [1.165, 1.54) is 19.1 Å². The zero-order valence-corrected chi connectivity index (χ0v) is 15.7. The predicted molar refractivity (Wildman–Crippen MR) is 95.6 cm³/mol.